The third-order valence-corrected chi connectivity index (χ3v) is 6.20. The first kappa shape index (κ1) is 18.8. The van der Waals surface area contributed by atoms with Crippen LogP contribution in [0.25, 0.3) is 0 Å². The molecule has 4 rings (SSSR count). The van der Waals surface area contributed by atoms with Crippen LogP contribution in [0, 0.1) is 13.8 Å². The zero-order valence-corrected chi connectivity index (χ0v) is 17.1. The Morgan fingerprint density at radius 3 is 2.11 bits per heavy atom. The zero-order chi connectivity index (χ0) is 19.7. The third kappa shape index (κ3) is 3.59. The lowest BCUT2D eigenvalue weighted by molar-refractivity contribution is -0.121. The predicted octanol–water partition coefficient (Wildman–Crippen LogP) is 4.67. The van der Waals surface area contributed by atoms with Crippen LogP contribution in [0.2, 0.25) is 0 Å². The summed E-state index contributed by atoms with van der Waals surface area (Å²) in [6.07, 6.45) is 3.28. The minimum absolute atomic E-state index is 0.199. The van der Waals surface area contributed by atoms with Crippen molar-refractivity contribution in [1.29, 1.82) is 0 Å². The molecular formula is C23H24N2O2S. The molecule has 2 heterocycles. The highest BCUT2D eigenvalue weighted by Gasteiger charge is 2.42. The monoisotopic (exact) mass is 392 g/mol. The van der Waals surface area contributed by atoms with Gasteiger partial charge in [-0.1, -0.05) is 36.0 Å². The first-order chi connectivity index (χ1) is 13.5. The topological polar surface area (TPSA) is 40.6 Å². The predicted molar refractivity (Wildman–Crippen MR) is 113 cm³/mol. The van der Waals surface area contributed by atoms with E-state index < -0.39 is 0 Å². The lowest BCUT2D eigenvalue weighted by atomic mass is 10.1. The maximum atomic E-state index is 13.4. The van der Waals surface area contributed by atoms with Crippen LogP contribution in [-0.2, 0) is 9.59 Å². The van der Waals surface area contributed by atoms with Crippen molar-refractivity contribution in [3.8, 4) is 0 Å². The maximum absolute atomic E-state index is 13.4. The van der Waals surface area contributed by atoms with Crippen molar-refractivity contribution < 1.29 is 9.59 Å². The van der Waals surface area contributed by atoms with E-state index in [4.69, 9.17) is 0 Å². The number of rotatable bonds is 4. The van der Waals surface area contributed by atoms with Gasteiger partial charge in [0.05, 0.1) is 5.69 Å². The molecule has 5 heteroatoms. The number of anilines is 1. The van der Waals surface area contributed by atoms with Gasteiger partial charge in [0.15, 0.2) is 0 Å². The van der Waals surface area contributed by atoms with Gasteiger partial charge in [0, 0.05) is 18.0 Å². The van der Waals surface area contributed by atoms with Gasteiger partial charge in [0.1, 0.15) is 10.6 Å². The van der Waals surface area contributed by atoms with Crippen molar-refractivity contribution in [2.24, 2.45) is 0 Å². The first-order valence-electron chi connectivity index (χ1n) is 9.74. The number of carbonyl (C=O) groups is 2. The summed E-state index contributed by atoms with van der Waals surface area (Å²) < 4.78 is 0. The van der Waals surface area contributed by atoms with Crippen molar-refractivity contribution >= 4 is 29.3 Å². The molecule has 0 unspecified atom stereocenters. The molecule has 2 aromatic rings. The lowest BCUT2D eigenvalue weighted by Crippen LogP contribution is -2.37. The molecule has 0 N–H and O–H groups in total. The summed E-state index contributed by atoms with van der Waals surface area (Å²) in [6.45, 7) is 5.63. The van der Waals surface area contributed by atoms with Gasteiger partial charge in [0.25, 0.3) is 11.8 Å². The second-order valence-corrected chi connectivity index (χ2v) is 8.52. The standard InChI is InChI=1S/C23H24N2O2S/c1-16-13-17(2)15-18(14-16)25-22(26)20(24-11-7-4-8-12-24)21(23(25)27)28-19-9-5-3-6-10-19/h3,5-6,9-10,13-15H,4,7-8,11-12H2,1-2H3. The summed E-state index contributed by atoms with van der Waals surface area (Å²) in [4.78, 5) is 31.8. The molecule has 2 aliphatic heterocycles. The van der Waals surface area contributed by atoms with Gasteiger partial charge < -0.3 is 4.90 Å². The van der Waals surface area contributed by atoms with Gasteiger partial charge in [0.2, 0.25) is 0 Å². The smallest absolute Gasteiger partial charge is 0.283 e. The summed E-state index contributed by atoms with van der Waals surface area (Å²) in [7, 11) is 0. The second kappa shape index (κ2) is 7.84. The van der Waals surface area contributed by atoms with Crippen molar-refractivity contribution in [3.63, 3.8) is 0 Å². The fraction of sp³-hybridized carbons (Fsp3) is 0.304. The molecule has 28 heavy (non-hydrogen) atoms. The molecule has 2 aliphatic rings. The average Bonchev–Trinajstić information content (AvgIpc) is 2.92. The minimum atomic E-state index is -0.218. The Hall–Kier alpha value is -2.53. The number of carbonyl (C=O) groups excluding carboxylic acids is 2. The normalized spacial score (nSPS) is 17.6. The number of hydrogen-bond acceptors (Lipinski definition) is 4. The number of piperidine rings is 1. The zero-order valence-electron chi connectivity index (χ0n) is 16.3. The number of amides is 2. The Morgan fingerprint density at radius 1 is 0.821 bits per heavy atom. The molecule has 0 radical (unpaired) electrons. The van der Waals surface area contributed by atoms with E-state index in [1.54, 1.807) is 0 Å². The highest BCUT2D eigenvalue weighted by atomic mass is 32.2. The molecule has 0 saturated carbocycles. The molecule has 2 aromatic carbocycles. The van der Waals surface area contributed by atoms with Crippen LogP contribution in [0.5, 0.6) is 0 Å². The average molecular weight is 393 g/mol. The van der Waals surface area contributed by atoms with Crippen LogP contribution >= 0.6 is 11.8 Å². The SMILES string of the molecule is Cc1cc(C)cc(N2C(=O)C(Sc3ccccc3)=C(N3CCCCC3)C2=O)c1. The quantitative estimate of drug-likeness (QED) is 0.709. The van der Waals surface area contributed by atoms with Crippen LogP contribution in [0.4, 0.5) is 5.69 Å². The number of hydrogen-bond donors (Lipinski definition) is 0. The Morgan fingerprint density at radius 2 is 1.46 bits per heavy atom. The van der Waals surface area contributed by atoms with E-state index in [0.29, 0.717) is 16.3 Å². The molecule has 1 saturated heterocycles. The van der Waals surface area contributed by atoms with Gasteiger partial charge in [-0.05, 0) is 68.5 Å². The summed E-state index contributed by atoms with van der Waals surface area (Å²) in [5.74, 6) is -0.417. The van der Waals surface area contributed by atoms with Gasteiger partial charge >= 0.3 is 0 Å². The van der Waals surface area contributed by atoms with Crippen molar-refractivity contribution in [2.75, 3.05) is 18.0 Å². The van der Waals surface area contributed by atoms with Crippen molar-refractivity contribution in [2.45, 2.75) is 38.0 Å². The Bertz CT molecular complexity index is 926. The molecule has 4 nitrogen and oxygen atoms in total. The minimum Gasteiger partial charge on any atom is -0.366 e. The molecule has 2 amide bonds. The van der Waals surface area contributed by atoms with E-state index in [0.717, 1.165) is 42.0 Å². The number of nitrogens with zero attached hydrogens (tertiary/aromatic N) is 2. The van der Waals surface area contributed by atoms with E-state index in [1.165, 1.54) is 23.1 Å². The number of thioether (sulfide) groups is 1. The van der Waals surface area contributed by atoms with Gasteiger partial charge in [-0.25, -0.2) is 4.90 Å². The fourth-order valence-electron chi connectivity index (χ4n) is 3.91. The molecule has 0 atom stereocenters. The highest BCUT2D eigenvalue weighted by molar-refractivity contribution is 8.04. The Balaban J connectivity index is 1.76. The first-order valence-corrected chi connectivity index (χ1v) is 10.6. The molecule has 0 aromatic heterocycles. The van der Waals surface area contributed by atoms with Crippen molar-refractivity contribution in [1.82, 2.24) is 4.90 Å². The third-order valence-electron chi connectivity index (χ3n) is 5.12. The van der Waals surface area contributed by atoms with Crippen molar-refractivity contribution in [3.05, 3.63) is 70.3 Å². The van der Waals surface area contributed by atoms with Crippen LogP contribution in [-0.4, -0.2) is 29.8 Å². The Kier molecular flexibility index (Phi) is 5.27. The summed E-state index contributed by atoms with van der Waals surface area (Å²) in [5, 5.41) is 0. The van der Waals surface area contributed by atoms with Crippen LogP contribution in [0.3, 0.4) is 0 Å². The van der Waals surface area contributed by atoms with E-state index in [2.05, 4.69) is 4.90 Å². The van der Waals surface area contributed by atoms with E-state index in [9.17, 15) is 9.59 Å². The number of aryl methyl sites for hydroxylation is 2. The molecule has 144 valence electrons. The maximum Gasteiger partial charge on any atom is 0.283 e. The largest absolute Gasteiger partial charge is 0.366 e. The number of likely N-dealkylation sites (tertiary alicyclic amines) is 1. The van der Waals surface area contributed by atoms with E-state index in [-0.39, 0.29) is 11.8 Å². The fourth-order valence-corrected chi connectivity index (χ4v) is 4.93. The summed E-state index contributed by atoms with van der Waals surface area (Å²) in [6, 6.07) is 15.7. The Labute approximate surface area is 170 Å². The van der Waals surface area contributed by atoms with E-state index >= 15 is 0 Å². The molecule has 0 aliphatic carbocycles. The van der Waals surface area contributed by atoms with Crippen LogP contribution in [0.1, 0.15) is 30.4 Å². The molecular weight excluding hydrogens is 368 g/mol. The van der Waals surface area contributed by atoms with E-state index in [1.807, 2.05) is 62.4 Å². The highest BCUT2D eigenvalue weighted by Crippen LogP contribution is 2.39. The number of benzene rings is 2. The molecule has 1 fully saturated rings. The van der Waals surface area contributed by atoms with Gasteiger partial charge in [-0.15, -0.1) is 0 Å². The van der Waals surface area contributed by atoms with Gasteiger partial charge in [-0.2, -0.15) is 0 Å². The van der Waals surface area contributed by atoms with Crippen LogP contribution < -0.4 is 4.90 Å². The van der Waals surface area contributed by atoms with Gasteiger partial charge in [-0.3, -0.25) is 9.59 Å². The number of imide groups is 1. The second-order valence-electron chi connectivity index (χ2n) is 7.43. The molecule has 0 bridgehead atoms. The molecule has 0 spiro atoms. The van der Waals surface area contributed by atoms with Crippen LogP contribution in [0.15, 0.2) is 64.0 Å². The lowest BCUT2D eigenvalue weighted by Gasteiger charge is -2.29. The summed E-state index contributed by atoms with van der Waals surface area (Å²) in [5.41, 5.74) is 3.31. The summed E-state index contributed by atoms with van der Waals surface area (Å²) >= 11 is 1.40.